The molecule has 1 fully saturated rings. The number of hydrogen-bond acceptors (Lipinski definition) is 2. The lowest BCUT2D eigenvalue weighted by Crippen LogP contribution is -2.47. The second kappa shape index (κ2) is 4.95. The van der Waals surface area contributed by atoms with E-state index in [1.807, 2.05) is 6.92 Å². The largest absolute Gasteiger partial charge is 0.327 e. The van der Waals surface area contributed by atoms with E-state index in [1.54, 1.807) is 4.90 Å². The first kappa shape index (κ1) is 13.2. The second-order valence-electron chi connectivity index (χ2n) is 5.36. The van der Waals surface area contributed by atoms with Gasteiger partial charge in [-0.1, -0.05) is 6.92 Å². The summed E-state index contributed by atoms with van der Waals surface area (Å²) in [5, 5.41) is 0. The molecule has 16 heavy (non-hydrogen) atoms. The van der Waals surface area contributed by atoms with E-state index in [1.165, 1.54) is 0 Å². The topological polar surface area (TPSA) is 37.4 Å². The smallest absolute Gasteiger partial charge is 0.290 e. The Hall–Kier alpha value is -0.900. The van der Waals surface area contributed by atoms with Crippen molar-refractivity contribution in [2.24, 2.45) is 0 Å². The molecule has 1 saturated heterocycles. The van der Waals surface area contributed by atoms with Gasteiger partial charge < -0.3 is 9.38 Å². The Balaban J connectivity index is 2.49. The summed E-state index contributed by atoms with van der Waals surface area (Å²) in [7, 11) is 4.33. The third-order valence-corrected chi connectivity index (χ3v) is 3.29. The minimum atomic E-state index is -0.288. The van der Waals surface area contributed by atoms with Crippen LogP contribution in [0, 0.1) is 0 Å². The Bertz CT molecular complexity index is 287. The van der Waals surface area contributed by atoms with E-state index in [9.17, 15) is 9.59 Å². The predicted molar refractivity (Wildman–Crippen MR) is 62.9 cm³/mol. The van der Waals surface area contributed by atoms with E-state index in [0.717, 1.165) is 24.0 Å². The summed E-state index contributed by atoms with van der Waals surface area (Å²) in [6.45, 7) is 6.82. The lowest BCUT2D eigenvalue weighted by molar-refractivity contribution is -0.889. The van der Waals surface area contributed by atoms with E-state index in [0.29, 0.717) is 13.0 Å². The van der Waals surface area contributed by atoms with Gasteiger partial charge in [-0.15, -0.1) is 0 Å². The summed E-state index contributed by atoms with van der Waals surface area (Å²) in [6, 6.07) is 0.0848. The molecule has 4 heteroatoms. The number of ketones is 1. The van der Waals surface area contributed by atoms with Gasteiger partial charge in [-0.2, -0.15) is 0 Å². The maximum absolute atomic E-state index is 11.6. The fourth-order valence-electron chi connectivity index (χ4n) is 2.24. The highest BCUT2D eigenvalue weighted by molar-refractivity contribution is 6.38. The van der Waals surface area contributed by atoms with Crippen molar-refractivity contribution in [3.05, 3.63) is 0 Å². The molecule has 1 atom stereocenters. The van der Waals surface area contributed by atoms with Crippen molar-refractivity contribution in [2.75, 3.05) is 33.7 Å². The minimum Gasteiger partial charge on any atom is -0.327 e. The van der Waals surface area contributed by atoms with E-state index in [2.05, 4.69) is 21.0 Å². The van der Waals surface area contributed by atoms with Gasteiger partial charge in [0.15, 0.2) is 0 Å². The summed E-state index contributed by atoms with van der Waals surface area (Å²) in [4.78, 5) is 24.5. The molecule has 92 valence electrons. The van der Waals surface area contributed by atoms with Gasteiger partial charge in [-0.25, -0.2) is 0 Å². The van der Waals surface area contributed by atoms with Gasteiger partial charge in [-0.05, 0) is 13.3 Å². The number of carbonyl (C=O) groups is 2. The van der Waals surface area contributed by atoms with Crippen LogP contribution in [-0.4, -0.2) is 60.8 Å². The normalized spacial score (nSPS) is 22.0. The van der Waals surface area contributed by atoms with Crippen LogP contribution in [0.2, 0.25) is 0 Å². The maximum atomic E-state index is 11.6. The molecular weight excluding hydrogens is 204 g/mol. The zero-order valence-electron chi connectivity index (χ0n) is 10.8. The number of likely N-dealkylation sites (N-methyl/N-ethyl adjacent to an activating group) is 1. The summed E-state index contributed by atoms with van der Waals surface area (Å²) < 4.78 is 0.904. The Morgan fingerprint density at radius 3 is 2.38 bits per heavy atom. The molecule has 1 rings (SSSR count). The quantitative estimate of drug-likeness (QED) is 0.511. The van der Waals surface area contributed by atoms with Crippen molar-refractivity contribution >= 4 is 11.7 Å². The van der Waals surface area contributed by atoms with Crippen LogP contribution in [0.1, 0.15) is 26.7 Å². The standard InChI is InChI=1S/C12H23N2O2/c1-5-7-14(3,4)8-6-13-10(2)9-11(15)12(13)16/h10H,5-9H2,1-4H3/q+1. The fraction of sp³-hybridized carbons (Fsp3) is 0.833. The minimum absolute atomic E-state index is 0.0848. The molecule has 1 heterocycles. The average Bonchev–Trinajstić information content (AvgIpc) is 2.39. The molecule has 0 aromatic rings. The molecule has 1 aliphatic heterocycles. The molecule has 0 aromatic heterocycles. The van der Waals surface area contributed by atoms with Gasteiger partial charge in [0, 0.05) is 12.5 Å². The second-order valence-corrected chi connectivity index (χ2v) is 5.36. The van der Waals surface area contributed by atoms with Crippen molar-refractivity contribution in [1.82, 2.24) is 4.90 Å². The summed E-state index contributed by atoms with van der Waals surface area (Å²) in [5.41, 5.74) is 0. The molecule has 4 nitrogen and oxygen atoms in total. The van der Waals surface area contributed by atoms with Crippen LogP contribution >= 0.6 is 0 Å². The highest BCUT2D eigenvalue weighted by Crippen LogP contribution is 2.15. The zero-order chi connectivity index (χ0) is 12.3. The molecule has 1 amide bonds. The van der Waals surface area contributed by atoms with Crippen LogP contribution in [-0.2, 0) is 9.59 Å². The first-order valence-electron chi connectivity index (χ1n) is 6.03. The van der Waals surface area contributed by atoms with Crippen molar-refractivity contribution in [2.45, 2.75) is 32.7 Å². The molecule has 1 aliphatic rings. The molecular formula is C12H23N2O2+. The van der Waals surface area contributed by atoms with Gasteiger partial charge in [0.1, 0.15) is 0 Å². The van der Waals surface area contributed by atoms with Crippen molar-refractivity contribution < 1.29 is 14.1 Å². The highest BCUT2D eigenvalue weighted by Gasteiger charge is 2.36. The Morgan fingerprint density at radius 1 is 1.31 bits per heavy atom. The van der Waals surface area contributed by atoms with Crippen LogP contribution in [0.15, 0.2) is 0 Å². The monoisotopic (exact) mass is 227 g/mol. The van der Waals surface area contributed by atoms with Crippen LogP contribution in [0.3, 0.4) is 0 Å². The number of nitrogens with zero attached hydrogens (tertiary/aromatic N) is 2. The number of amides is 1. The molecule has 1 unspecified atom stereocenters. The SMILES string of the molecule is CCC[N+](C)(C)CCN1C(=O)C(=O)CC1C. The predicted octanol–water partition coefficient (Wildman–Crippen LogP) is 0.663. The van der Waals surface area contributed by atoms with Crippen LogP contribution in [0.4, 0.5) is 0 Å². The molecule has 0 aromatic carbocycles. The molecule has 0 spiro atoms. The third kappa shape index (κ3) is 3.04. The number of Topliss-reactive ketones (excluding diaryl/α,β-unsaturated/α-hetero) is 1. The van der Waals surface area contributed by atoms with Crippen molar-refractivity contribution in [3.8, 4) is 0 Å². The molecule has 0 N–H and O–H groups in total. The van der Waals surface area contributed by atoms with E-state index in [-0.39, 0.29) is 17.7 Å². The Labute approximate surface area is 97.8 Å². The van der Waals surface area contributed by atoms with Gasteiger partial charge >= 0.3 is 0 Å². The van der Waals surface area contributed by atoms with Gasteiger partial charge in [0.2, 0.25) is 5.78 Å². The summed E-state index contributed by atoms with van der Waals surface area (Å²) in [6.07, 6.45) is 1.52. The maximum Gasteiger partial charge on any atom is 0.290 e. The number of hydrogen-bond donors (Lipinski definition) is 0. The molecule has 0 saturated carbocycles. The van der Waals surface area contributed by atoms with Gasteiger partial charge in [0.25, 0.3) is 5.91 Å². The van der Waals surface area contributed by atoms with E-state index < -0.39 is 0 Å². The van der Waals surface area contributed by atoms with Crippen LogP contribution in [0.25, 0.3) is 0 Å². The zero-order valence-corrected chi connectivity index (χ0v) is 10.8. The first-order valence-corrected chi connectivity index (χ1v) is 6.03. The summed E-state index contributed by atoms with van der Waals surface area (Å²) in [5.74, 6) is -0.516. The number of rotatable bonds is 5. The number of likely N-dealkylation sites (tertiary alicyclic amines) is 1. The lowest BCUT2D eigenvalue weighted by Gasteiger charge is -2.32. The Kier molecular flexibility index (Phi) is 4.08. The van der Waals surface area contributed by atoms with Crippen molar-refractivity contribution in [1.29, 1.82) is 0 Å². The average molecular weight is 227 g/mol. The fourth-order valence-corrected chi connectivity index (χ4v) is 2.24. The number of quaternary nitrogens is 1. The lowest BCUT2D eigenvalue weighted by atomic mass is 10.2. The van der Waals surface area contributed by atoms with Gasteiger partial charge in [-0.3, -0.25) is 9.59 Å². The first-order chi connectivity index (χ1) is 7.37. The molecule has 0 bridgehead atoms. The van der Waals surface area contributed by atoms with Crippen LogP contribution < -0.4 is 0 Å². The molecule has 0 radical (unpaired) electrons. The van der Waals surface area contributed by atoms with E-state index in [4.69, 9.17) is 0 Å². The van der Waals surface area contributed by atoms with Crippen LogP contribution in [0.5, 0.6) is 0 Å². The third-order valence-electron chi connectivity index (χ3n) is 3.29. The molecule has 0 aliphatic carbocycles. The van der Waals surface area contributed by atoms with Crippen molar-refractivity contribution in [3.63, 3.8) is 0 Å². The Morgan fingerprint density at radius 2 is 1.94 bits per heavy atom. The van der Waals surface area contributed by atoms with Gasteiger partial charge in [0.05, 0.1) is 33.7 Å². The summed E-state index contributed by atoms with van der Waals surface area (Å²) >= 11 is 0. The number of carbonyl (C=O) groups excluding carboxylic acids is 2. The highest BCUT2D eigenvalue weighted by atomic mass is 16.2. The van der Waals surface area contributed by atoms with E-state index >= 15 is 0 Å².